The fourth-order valence-electron chi connectivity index (χ4n) is 4.37. The van der Waals surface area contributed by atoms with Crippen LogP contribution in [0.15, 0.2) is 70.8 Å². The van der Waals surface area contributed by atoms with E-state index in [0.717, 1.165) is 17.7 Å². The summed E-state index contributed by atoms with van der Waals surface area (Å²) in [6.07, 6.45) is 3.66. The molecule has 1 aliphatic heterocycles. The van der Waals surface area contributed by atoms with Gasteiger partial charge in [0.05, 0.1) is 29.4 Å². The molecule has 0 N–H and O–H groups in total. The van der Waals surface area contributed by atoms with Crippen molar-refractivity contribution < 1.29 is 37.4 Å². The highest BCUT2D eigenvalue weighted by atomic mass is 35.5. The predicted octanol–water partition coefficient (Wildman–Crippen LogP) is 7.04. The maximum absolute atomic E-state index is 13.2. The molecule has 1 heterocycles. The number of benzene rings is 2. The number of halogens is 4. The Balaban J connectivity index is 1.65. The molecule has 1 saturated carbocycles. The van der Waals surface area contributed by atoms with E-state index in [1.54, 1.807) is 13.0 Å². The van der Waals surface area contributed by atoms with Crippen LogP contribution in [-0.4, -0.2) is 42.4 Å². The van der Waals surface area contributed by atoms with E-state index in [-0.39, 0.29) is 44.7 Å². The fraction of sp³-hybridized carbons (Fsp3) is 0.290. The van der Waals surface area contributed by atoms with Gasteiger partial charge in [0.25, 0.3) is 11.8 Å². The SMILES string of the molecule is C=C/C(Cl)=C(C[C@H](OC(=O)CN1C(=O)c2ccc(C#N)cc2C1=O)c1ccc(OC(F)F)c(OCC2CC2)c1)\C(Cl)=C/C. The van der Waals surface area contributed by atoms with E-state index in [0.29, 0.717) is 23.7 Å². The highest BCUT2D eigenvalue weighted by Gasteiger charge is 2.38. The number of rotatable bonds is 13. The zero-order valence-corrected chi connectivity index (χ0v) is 24.5. The maximum Gasteiger partial charge on any atom is 0.387 e. The molecule has 4 rings (SSSR count). The van der Waals surface area contributed by atoms with E-state index < -0.39 is 37.0 Å². The molecule has 2 aromatic carbocycles. The molecule has 43 heavy (non-hydrogen) atoms. The molecule has 0 spiro atoms. The van der Waals surface area contributed by atoms with Crippen molar-refractivity contribution in [3.63, 3.8) is 0 Å². The van der Waals surface area contributed by atoms with E-state index in [9.17, 15) is 23.2 Å². The minimum absolute atomic E-state index is 0.00308. The largest absolute Gasteiger partial charge is 0.489 e. The lowest BCUT2D eigenvalue weighted by atomic mass is 9.99. The Bertz CT molecular complexity index is 1560. The van der Waals surface area contributed by atoms with Gasteiger partial charge in [-0.3, -0.25) is 19.3 Å². The number of nitriles is 1. The Labute approximate surface area is 256 Å². The van der Waals surface area contributed by atoms with Gasteiger partial charge in [-0.25, -0.2) is 0 Å². The minimum Gasteiger partial charge on any atom is -0.489 e. The molecule has 2 aromatic rings. The Morgan fingerprint density at radius 3 is 2.49 bits per heavy atom. The minimum atomic E-state index is -3.10. The number of alkyl halides is 2. The number of nitrogens with zero attached hydrogens (tertiary/aromatic N) is 2. The summed E-state index contributed by atoms with van der Waals surface area (Å²) in [5.74, 6) is -2.28. The fourth-order valence-corrected chi connectivity index (χ4v) is 4.78. The normalized spacial score (nSPS) is 15.9. The van der Waals surface area contributed by atoms with Crippen molar-refractivity contribution in [1.82, 2.24) is 4.90 Å². The summed E-state index contributed by atoms with van der Waals surface area (Å²) in [6, 6.07) is 10.1. The zero-order valence-electron chi connectivity index (χ0n) is 22.9. The van der Waals surface area contributed by atoms with Crippen LogP contribution in [0, 0.1) is 17.2 Å². The van der Waals surface area contributed by atoms with Crippen molar-refractivity contribution in [1.29, 1.82) is 5.26 Å². The summed E-state index contributed by atoms with van der Waals surface area (Å²) >= 11 is 12.8. The number of allylic oxidation sites excluding steroid dienone is 4. The van der Waals surface area contributed by atoms with Crippen LogP contribution in [0.25, 0.3) is 0 Å². The lowest BCUT2D eigenvalue weighted by Gasteiger charge is -2.23. The highest BCUT2D eigenvalue weighted by Crippen LogP contribution is 2.39. The molecule has 0 unspecified atom stereocenters. The molecule has 0 aromatic heterocycles. The third-order valence-electron chi connectivity index (χ3n) is 6.79. The number of carbonyl (C=O) groups excluding carboxylic acids is 3. The monoisotopic (exact) mass is 630 g/mol. The number of ether oxygens (including phenoxy) is 3. The first-order chi connectivity index (χ1) is 20.6. The molecule has 1 aliphatic carbocycles. The predicted molar refractivity (Wildman–Crippen MR) is 154 cm³/mol. The van der Waals surface area contributed by atoms with Gasteiger partial charge in [-0.2, -0.15) is 14.0 Å². The van der Waals surface area contributed by atoms with Gasteiger partial charge in [-0.15, -0.1) is 0 Å². The smallest absolute Gasteiger partial charge is 0.387 e. The third-order valence-corrected chi connectivity index (χ3v) is 7.62. The van der Waals surface area contributed by atoms with Crippen LogP contribution >= 0.6 is 23.2 Å². The van der Waals surface area contributed by atoms with Crippen molar-refractivity contribution in [2.75, 3.05) is 13.2 Å². The number of carbonyl (C=O) groups is 3. The van der Waals surface area contributed by atoms with Crippen molar-refractivity contribution in [3.8, 4) is 17.6 Å². The number of amides is 2. The van der Waals surface area contributed by atoms with Gasteiger partial charge >= 0.3 is 12.6 Å². The second-order valence-corrected chi connectivity index (χ2v) is 10.6. The molecule has 224 valence electrons. The number of fused-ring (bicyclic) bond motifs is 1. The van der Waals surface area contributed by atoms with Gasteiger partial charge in [0.1, 0.15) is 12.6 Å². The van der Waals surface area contributed by atoms with Gasteiger partial charge < -0.3 is 14.2 Å². The van der Waals surface area contributed by atoms with Crippen LogP contribution in [-0.2, 0) is 9.53 Å². The van der Waals surface area contributed by atoms with Crippen LogP contribution < -0.4 is 9.47 Å². The number of hydrogen-bond acceptors (Lipinski definition) is 7. The summed E-state index contributed by atoms with van der Waals surface area (Å²) in [7, 11) is 0. The molecular weight excluding hydrogens is 605 g/mol. The summed E-state index contributed by atoms with van der Waals surface area (Å²) in [5.41, 5.74) is 0.944. The molecule has 1 fully saturated rings. The second-order valence-electron chi connectivity index (χ2n) is 9.76. The molecule has 0 saturated heterocycles. The number of imide groups is 1. The summed E-state index contributed by atoms with van der Waals surface area (Å²) < 4.78 is 42.4. The van der Waals surface area contributed by atoms with Gasteiger partial charge in [-0.05, 0) is 67.2 Å². The first kappa shape index (κ1) is 31.7. The van der Waals surface area contributed by atoms with E-state index in [2.05, 4.69) is 11.3 Å². The van der Waals surface area contributed by atoms with Crippen molar-refractivity contribution in [3.05, 3.63) is 93.0 Å². The van der Waals surface area contributed by atoms with Crippen LogP contribution in [0.4, 0.5) is 8.78 Å². The Morgan fingerprint density at radius 2 is 1.86 bits per heavy atom. The van der Waals surface area contributed by atoms with Gasteiger partial charge in [-0.1, -0.05) is 48.0 Å². The Hall–Kier alpha value is -4.20. The average molecular weight is 631 g/mol. The van der Waals surface area contributed by atoms with Crippen LogP contribution in [0.1, 0.15) is 64.1 Å². The zero-order chi connectivity index (χ0) is 31.3. The average Bonchev–Trinajstić information content (AvgIpc) is 3.80. The third kappa shape index (κ3) is 7.61. The standard InChI is InChI=1S/C31H26Cl2F2N2O6/c1-3-23(32)22(24(33)4-2)13-26(19-8-10-25(43-31(34)35)27(12-19)41-16-17-5-6-17)42-28(38)15-37-29(39)20-9-7-18(14-36)11-21(20)30(37)40/h3-4,7-12,17,26,31H,1,5-6,13,15-16H2,2H3/b23-22+,24-4+/t26-/m0/s1. The molecule has 8 nitrogen and oxygen atoms in total. The van der Waals surface area contributed by atoms with Gasteiger partial charge in [0.2, 0.25) is 0 Å². The lowest BCUT2D eigenvalue weighted by Crippen LogP contribution is -2.36. The molecule has 12 heteroatoms. The number of esters is 1. The number of hydrogen-bond donors (Lipinski definition) is 0. The maximum atomic E-state index is 13.2. The molecule has 2 aliphatic rings. The van der Waals surface area contributed by atoms with Gasteiger partial charge in [0.15, 0.2) is 11.5 Å². The van der Waals surface area contributed by atoms with Gasteiger partial charge in [0, 0.05) is 16.5 Å². The Kier molecular flexibility index (Phi) is 10.2. The summed E-state index contributed by atoms with van der Waals surface area (Å²) in [6.45, 7) is 1.81. The summed E-state index contributed by atoms with van der Waals surface area (Å²) in [4.78, 5) is 39.8. The van der Waals surface area contributed by atoms with E-state index >= 15 is 0 Å². The molecular formula is C31H26Cl2F2N2O6. The van der Waals surface area contributed by atoms with E-state index in [1.165, 1.54) is 42.5 Å². The summed E-state index contributed by atoms with van der Waals surface area (Å²) in [5, 5.41) is 9.58. The quantitative estimate of drug-likeness (QED) is 0.133. The van der Waals surface area contributed by atoms with Crippen LogP contribution in [0.2, 0.25) is 0 Å². The van der Waals surface area contributed by atoms with Crippen molar-refractivity contribution >= 4 is 41.0 Å². The Morgan fingerprint density at radius 1 is 1.14 bits per heavy atom. The van der Waals surface area contributed by atoms with E-state index in [4.69, 9.17) is 37.9 Å². The van der Waals surface area contributed by atoms with Crippen molar-refractivity contribution in [2.24, 2.45) is 5.92 Å². The molecule has 1 atom stereocenters. The van der Waals surface area contributed by atoms with Crippen molar-refractivity contribution in [2.45, 2.75) is 38.9 Å². The topological polar surface area (TPSA) is 106 Å². The molecule has 2 amide bonds. The molecule has 0 bridgehead atoms. The second kappa shape index (κ2) is 13.8. The van der Waals surface area contributed by atoms with Crippen LogP contribution in [0.5, 0.6) is 11.5 Å². The van der Waals surface area contributed by atoms with E-state index in [1.807, 2.05) is 6.07 Å². The lowest BCUT2D eigenvalue weighted by molar-refractivity contribution is -0.149. The first-order valence-corrected chi connectivity index (χ1v) is 14.0. The first-order valence-electron chi connectivity index (χ1n) is 13.2. The molecule has 0 radical (unpaired) electrons. The van der Waals surface area contributed by atoms with Crippen LogP contribution in [0.3, 0.4) is 0 Å². The highest BCUT2D eigenvalue weighted by molar-refractivity contribution is 6.36.